The van der Waals surface area contributed by atoms with E-state index in [0.717, 1.165) is 18.3 Å². The molecule has 1 rings (SSSR count). The summed E-state index contributed by atoms with van der Waals surface area (Å²) >= 11 is 0. The van der Waals surface area contributed by atoms with E-state index in [1.165, 1.54) is 6.42 Å². The molecular weight excluding hydrogens is 132 g/mol. The van der Waals surface area contributed by atoms with Gasteiger partial charge in [0.05, 0.1) is 0 Å². The lowest BCUT2D eigenvalue weighted by Crippen LogP contribution is -1.68. The molecule has 1 fully saturated rings. The molecule has 0 aromatic carbocycles. The lowest BCUT2D eigenvalue weighted by Gasteiger charge is -1.80. The Hall–Kier alpha value is -0.780. The zero-order valence-corrected chi connectivity index (χ0v) is 7.16. The molecule has 1 saturated carbocycles. The molecule has 0 nitrogen and oxygen atoms in total. The maximum atomic E-state index is 3.77. The van der Waals surface area contributed by atoms with E-state index in [1.807, 2.05) is 0 Å². The second kappa shape index (κ2) is 4.17. The van der Waals surface area contributed by atoms with Crippen molar-refractivity contribution in [2.75, 3.05) is 0 Å². The van der Waals surface area contributed by atoms with Crippen molar-refractivity contribution in [3.63, 3.8) is 0 Å². The van der Waals surface area contributed by atoms with E-state index in [0.29, 0.717) is 0 Å². The van der Waals surface area contributed by atoms with Gasteiger partial charge in [0.15, 0.2) is 0 Å². The molecule has 0 radical (unpaired) electrons. The molecule has 0 saturated heterocycles. The molecule has 0 aromatic rings. The molecule has 1 aliphatic rings. The Labute approximate surface area is 69.3 Å². The van der Waals surface area contributed by atoms with Crippen LogP contribution in [0.5, 0.6) is 0 Å². The highest BCUT2D eigenvalue weighted by atomic mass is 14.3. The molecule has 1 aliphatic carbocycles. The third-order valence-electron chi connectivity index (χ3n) is 2.04. The SMILES string of the molecule is C=C[C@H]1C[C@H]1/C=C/C=C/CC. The fraction of sp³-hybridized carbons (Fsp3) is 0.455. The minimum absolute atomic E-state index is 0.765. The first-order valence-corrected chi connectivity index (χ1v) is 4.34. The highest BCUT2D eigenvalue weighted by molar-refractivity contribution is 5.13. The van der Waals surface area contributed by atoms with E-state index in [1.54, 1.807) is 0 Å². The summed E-state index contributed by atoms with van der Waals surface area (Å²) in [6, 6.07) is 0. The normalized spacial score (nSPS) is 29.9. The molecule has 0 aliphatic heterocycles. The minimum atomic E-state index is 0.765. The summed E-state index contributed by atoms with van der Waals surface area (Å²) in [7, 11) is 0. The quantitative estimate of drug-likeness (QED) is 0.424. The molecule has 0 bridgehead atoms. The van der Waals surface area contributed by atoms with Gasteiger partial charge < -0.3 is 0 Å². The Morgan fingerprint density at radius 1 is 1.36 bits per heavy atom. The van der Waals surface area contributed by atoms with Crippen LogP contribution in [0.4, 0.5) is 0 Å². The summed E-state index contributed by atoms with van der Waals surface area (Å²) in [5, 5.41) is 0. The lowest BCUT2D eigenvalue weighted by molar-refractivity contribution is 0.998. The first-order chi connectivity index (χ1) is 5.38. The van der Waals surface area contributed by atoms with Gasteiger partial charge in [-0.05, 0) is 24.7 Å². The Kier molecular flexibility index (Phi) is 3.15. The Balaban J connectivity index is 2.17. The van der Waals surface area contributed by atoms with E-state index < -0.39 is 0 Å². The first-order valence-electron chi connectivity index (χ1n) is 4.34. The zero-order chi connectivity index (χ0) is 8.10. The van der Waals surface area contributed by atoms with Crippen molar-refractivity contribution in [1.82, 2.24) is 0 Å². The standard InChI is InChI=1S/C11H16/c1-3-5-6-7-8-11-9-10(11)4-2/h4-8,10-11H,2-3,9H2,1H3/b6-5+,8-7+/t10-,11+/m0/s1. The maximum Gasteiger partial charge on any atom is -0.0161 e. The van der Waals surface area contributed by atoms with Crippen LogP contribution in [0.1, 0.15) is 19.8 Å². The van der Waals surface area contributed by atoms with Gasteiger partial charge in [-0.2, -0.15) is 0 Å². The van der Waals surface area contributed by atoms with Crippen LogP contribution in [0.25, 0.3) is 0 Å². The molecule has 0 amide bonds. The third-order valence-corrected chi connectivity index (χ3v) is 2.04. The molecule has 2 atom stereocenters. The number of allylic oxidation sites excluding steroid dienone is 5. The summed E-state index contributed by atoms with van der Waals surface area (Å²) in [6.07, 6.45) is 13.2. The fourth-order valence-electron chi connectivity index (χ4n) is 1.15. The van der Waals surface area contributed by atoms with Crippen molar-refractivity contribution < 1.29 is 0 Å². The predicted octanol–water partition coefficient (Wildman–Crippen LogP) is 3.33. The predicted molar refractivity (Wildman–Crippen MR) is 50.4 cm³/mol. The van der Waals surface area contributed by atoms with Crippen LogP contribution in [0.3, 0.4) is 0 Å². The Morgan fingerprint density at radius 3 is 2.73 bits per heavy atom. The van der Waals surface area contributed by atoms with Gasteiger partial charge in [0, 0.05) is 0 Å². The fourth-order valence-corrected chi connectivity index (χ4v) is 1.15. The van der Waals surface area contributed by atoms with Crippen LogP contribution in [0.2, 0.25) is 0 Å². The van der Waals surface area contributed by atoms with E-state index >= 15 is 0 Å². The van der Waals surface area contributed by atoms with Crippen LogP contribution >= 0.6 is 0 Å². The average Bonchev–Trinajstić information content (AvgIpc) is 2.77. The molecule has 11 heavy (non-hydrogen) atoms. The van der Waals surface area contributed by atoms with Gasteiger partial charge in [-0.1, -0.05) is 37.3 Å². The molecule has 0 spiro atoms. The van der Waals surface area contributed by atoms with Gasteiger partial charge in [0.1, 0.15) is 0 Å². The first kappa shape index (κ1) is 8.32. The molecule has 0 heterocycles. The summed E-state index contributed by atoms with van der Waals surface area (Å²) in [6.45, 7) is 5.91. The molecular formula is C11H16. The van der Waals surface area contributed by atoms with E-state index in [-0.39, 0.29) is 0 Å². The van der Waals surface area contributed by atoms with Gasteiger partial charge in [0.25, 0.3) is 0 Å². The van der Waals surface area contributed by atoms with Crippen LogP contribution in [-0.2, 0) is 0 Å². The highest BCUT2D eigenvalue weighted by Gasteiger charge is 2.30. The summed E-state index contributed by atoms with van der Waals surface area (Å²) in [5.41, 5.74) is 0. The summed E-state index contributed by atoms with van der Waals surface area (Å²) < 4.78 is 0. The monoisotopic (exact) mass is 148 g/mol. The Morgan fingerprint density at radius 2 is 2.18 bits per heavy atom. The van der Waals surface area contributed by atoms with Crippen molar-refractivity contribution in [1.29, 1.82) is 0 Å². The van der Waals surface area contributed by atoms with Gasteiger partial charge in [0.2, 0.25) is 0 Å². The van der Waals surface area contributed by atoms with Gasteiger partial charge in [-0.25, -0.2) is 0 Å². The van der Waals surface area contributed by atoms with E-state index in [9.17, 15) is 0 Å². The smallest absolute Gasteiger partial charge is 0.0161 e. The number of rotatable bonds is 4. The van der Waals surface area contributed by atoms with Crippen molar-refractivity contribution in [3.05, 3.63) is 37.0 Å². The van der Waals surface area contributed by atoms with Crippen molar-refractivity contribution in [3.8, 4) is 0 Å². The molecule has 60 valence electrons. The second-order valence-electron chi connectivity index (χ2n) is 3.02. The van der Waals surface area contributed by atoms with E-state index in [4.69, 9.17) is 0 Å². The summed E-state index contributed by atoms with van der Waals surface area (Å²) in [5.74, 6) is 1.55. The van der Waals surface area contributed by atoms with Crippen LogP contribution in [0, 0.1) is 11.8 Å². The Bertz CT molecular complexity index is 174. The topological polar surface area (TPSA) is 0 Å². The van der Waals surface area contributed by atoms with E-state index in [2.05, 4.69) is 43.9 Å². The maximum absolute atomic E-state index is 3.77. The third kappa shape index (κ3) is 2.75. The molecule has 0 unspecified atom stereocenters. The number of hydrogen-bond acceptors (Lipinski definition) is 0. The average molecular weight is 148 g/mol. The summed E-state index contributed by atoms with van der Waals surface area (Å²) in [4.78, 5) is 0. The lowest BCUT2D eigenvalue weighted by atomic mass is 10.3. The van der Waals surface area contributed by atoms with Gasteiger partial charge in [-0.15, -0.1) is 6.58 Å². The van der Waals surface area contributed by atoms with Crippen LogP contribution in [0.15, 0.2) is 37.0 Å². The van der Waals surface area contributed by atoms with Gasteiger partial charge >= 0.3 is 0 Å². The van der Waals surface area contributed by atoms with Gasteiger partial charge in [-0.3, -0.25) is 0 Å². The van der Waals surface area contributed by atoms with Crippen LogP contribution in [-0.4, -0.2) is 0 Å². The largest absolute Gasteiger partial charge is 0.103 e. The zero-order valence-electron chi connectivity index (χ0n) is 7.16. The second-order valence-corrected chi connectivity index (χ2v) is 3.02. The molecule has 0 aromatic heterocycles. The van der Waals surface area contributed by atoms with Crippen molar-refractivity contribution in [2.45, 2.75) is 19.8 Å². The minimum Gasteiger partial charge on any atom is -0.103 e. The molecule has 0 N–H and O–H groups in total. The van der Waals surface area contributed by atoms with Crippen molar-refractivity contribution >= 4 is 0 Å². The van der Waals surface area contributed by atoms with Crippen LogP contribution < -0.4 is 0 Å². The number of hydrogen-bond donors (Lipinski definition) is 0. The van der Waals surface area contributed by atoms with Crippen molar-refractivity contribution in [2.24, 2.45) is 11.8 Å². The highest BCUT2D eigenvalue weighted by Crippen LogP contribution is 2.40. The molecule has 0 heteroatoms.